The Labute approximate surface area is 133 Å². The lowest BCUT2D eigenvalue weighted by atomic mass is 10.2. The summed E-state index contributed by atoms with van der Waals surface area (Å²) in [6, 6.07) is 7.68. The lowest BCUT2D eigenvalue weighted by Gasteiger charge is -2.15. The zero-order chi connectivity index (χ0) is 15.2. The first-order valence-corrected chi connectivity index (χ1v) is 7.64. The molecule has 0 amide bonds. The number of rotatable bonds is 7. The van der Waals surface area contributed by atoms with E-state index in [-0.39, 0.29) is 0 Å². The van der Waals surface area contributed by atoms with Gasteiger partial charge in [-0.05, 0) is 36.9 Å². The van der Waals surface area contributed by atoms with Crippen LogP contribution in [0.5, 0.6) is 17.2 Å². The molecule has 2 aromatic rings. The van der Waals surface area contributed by atoms with Gasteiger partial charge in [0.1, 0.15) is 6.61 Å². The van der Waals surface area contributed by atoms with Crippen molar-refractivity contribution < 1.29 is 14.2 Å². The van der Waals surface area contributed by atoms with E-state index < -0.39 is 0 Å². The van der Waals surface area contributed by atoms with Crippen LogP contribution < -0.4 is 19.5 Å². The van der Waals surface area contributed by atoms with E-state index in [4.69, 9.17) is 25.8 Å². The third kappa shape index (κ3) is 4.03. The van der Waals surface area contributed by atoms with Crippen LogP contribution in [0.15, 0.2) is 24.3 Å². The summed E-state index contributed by atoms with van der Waals surface area (Å²) in [7, 11) is 5.13. The highest BCUT2D eigenvalue weighted by atomic mass is 35.5. The second kappa shape index (κ2) is 7.54. The molecular formula is C15H18ClNO3S. The van der Waals surface area contributed by atoms with E-state index in [0.717, 1.165) is 21.3 Å². The Morgan fingerprint density at radius 2 is 1.81 bits per heavy atom. The summed E-state index contributed by atoms with van der Waals surface area (Å²) in [5.74, 6) is 1.91. The van der Waals surface area contributed by atoms with Crippen LogP contribution in [0.25, 0.3) is 0 Å². The van der Waals surface area contributed by atoms with Gasteiger partial charge in [0, 0.05) is 11.4 Å². The van der Waals surface area contributed by atoms with E-state index in [9.17, 15) is 0 Å². The van der Waals surface area contributed by atoms with Crippen LogP contribution in [0.1, 0.15) is 10.4 Å². The molecule has 0 radical (unpaired) electrons. The van der Waals surface area contributed by atoms with Crippen LogP contribution in [-0.2, 0) is 13.2 Å². The van der Waals surface area contributed by atoms with E-state index >= 15 is 0 Å². The Balaban J connectivity index is 2.23. The van der Waals surface area contributed by atoms with Gasteiger partial charge in [0.15, 0.2) is 11.5 Å². The number of benzene rings is 1. The molecule has 1 aromatic heterocycles. The monoisotopic (exact) mass is 327 g/mol. The van der Waals surface area contributed by atoms with Crippen molar-refractivity contribution in [1.29, 1.82) is 0 Å². The lowest BCUT2D eigenvalue weighted by Crippen LogP contribution is -2.06. The maximum atomic E-state index is 5.92. The molecule has 0 aliphatic heterocycles. The van der Waals surface area contributed by atoms with Gasteiger partial charge >= 0.3 is 0 Å². The molecule has 1 heterocycles. The minimum Gasteiger partial charge on any atom is -0.493 e. The Bertz CT molecular complexity index is 575. The SMILES string of the molecule is CNCc1cc(OC)c(OCc2ccc(Cl)s2)c(OC)c1. The highest BCUT2D eigenvalue weighted by Gasteiger charge is 2.14. The van der Waals surface area contributed by atoms with E-state index in [1.165, 1.54) is 11.3 Å². The van der Waals surface area contributed by atoms with Crippen LogP contribution in [0.3, 0.4) is 0 Å². The van der Waals surface area contributed by atoms with E-state index in [2.05, 4.69) is 5.32 Å². The van der Waals surface area contributed by atoms with Crippen molar-refractivity contribution in [3.63, 3.8) is 0 Å². The van der Waals surface area contributed by atoms with Gasteiger partial charge < -0.3 is 19.5 Å². The summed E-state index contributed by atoms with van der Waals surface area (Å²) in [6.07, 6.45) is 0. The smallest absolute Gasteiger partial charge is 0.203 e. The molecule has 0 atom stereocenters. The second-order valence-electron chi connectivity index (χ2n) is 4.35. The van der Waals surface area contributed by atoms with Crippen LogP contribution in [0, 0.1) is 0 Å². The van der Waals surface area contributed by atoms with Gasteiger partial charge in [-0.25, -0.2) is 0 Å². The number of thiophene rings is 1. The van der Waals surface area contributed by atoms with E-state index in [1.807, 2.05) is 31.3 Å². The highest BCUT2D eigenvalue weighted by molar-refractivity contribution is 7.16. The van der Waals surface area contributed by atoms with Gasteiger partial charge in [0.25, 0.3) is 0 Å². The molecule has 2 rings (SSSR count). The molecule has 114 valence electrons. The minimum absolute atomic E-state index is 0.426. The number of halogens is 1. The zero-order valence-corrected chi connectivity index (χ0v) is 13.8. The van der Waals surface area contributed by atoms with Crippen molar-refractivity contribution in [1.82, 2.24) is 5.32 Å². The van der Waals surface area contributed by atoms with Crippen molar-refractivity contribution in [2.75, 3.05) is 21.3 Å². The van der Waals surface area contributed by atoms with Gasteiger partial charge in [0.05, 0.1) is 18.6 Å². The summed E-state index contributed by atoms with van der Waals surface area (Å²) < 4.78 is 17.4. The summed E-state index contributed by atoms with van der Waals surface area (Å²) in [5.41, 5.74) is 1.07. The number of hydrogen-bond donors (Lipinski definition) is 1. The maximum absolute atomic E-state index is 5.92. The van der Waals surface area contributed by atoms with E-state index in [1.54, 1.807) is 14.2 Å². The maximum Gasteiger partial charge on any atom is 0.203 e. The van der Waals surface area contributed by atoms with Crippen molar-refractivity contribution in [3.05, 3.63) is 39.0 Å². The first kappa shape index (κ1) is 15.9. The fourth-order valence-electron chi connectivity index (χ4n) is 1.96. The minimum atomic E-state index is 0.426. The summed E-state index contributed by atoms with van der Waals surface area (Å²) in [4.78, 5) is 1.04. The molecule has 1 aromatic carbocycles. The normalized spacial score (nSPS) is 10.5. The van der Waals surface area contributed by atoms with Gasteiger partial charge in [-0.3, -0.25) is 0 Å². The first-order valence-electron chi connectivity index (χ1n) is 6.44. The van der Waals surface area contributed by atoms with Gasteiger partial charge in [-0.1, -0.05) is 11.6 Å². The average molecular weight is 328 g/mol. The van der Waals surface area contributed by atoms with Gasteiger partial charge in [0.2, 0.25) is 5.75 Å². The summed E-state index contributed by atoms with van der Waals surface area (Å²) >= 11 is 7.42. The number of methoxy groups -OCH3 is 2. The van der Waals surface area contributed by atoms with Crippen LogP contribution >= 0.6 is 22.9 Å². The van der Waals surface area contributed by atoms with Gasteiger partial charge in [-0.2, -0.15) is 0 Å². The topological polar surface area (TPSA) is 39.7 Å². The third-order valence-electron chi connectivity index (χ3n) is 2.89. The predicted octanol–water partition coefficient (Wildman–Crippen LogP) is 3.72. The van der Waals surface area contributed by atoms with Crippen LogP contribution in [0.2, 0.25) is 4.34 Å². The fraction of sp³-hybridized carbons (Fsp3) is 0.333. The Morgan fingerprint density at radius 1 is 1.14 bits per heavy atom. The summed E-state index contributed by atoms with van der Waals surface area (Å²) in [6.45, 7) is 1.16. The standard InChI is InChI=1S/C15H18ClNO3S/c1-17-8-10-6-12(18-2)15(13(7-10)19-3)20-9-11-4-5-14(16)21-11/h4-7,17H,8-9H2,1-3H3. The molecule has 0 fully saturated rings. The highest BCUT2D eigenvalue weighted by Crippen LogP contribution is 2.39. The van der Waals surface area contributed by atoms with Crippen LogP contribution in [0.4, 0.5) is 0 Å². The molecule has 0 unspecified atom stereocenters. The predicted molar refractivity (Wildman–Crippen MR) is 86.0 cm³/mol. The molecule has 21 heavy (non-hydrogen) atoms. The van der Waals surface area contributed by atoms with Crippen LogP contribution in [-0.4, -0.2) is 21.3 Å². The second-order valence-corrected chi connectivity index (χ2v) is 6.15. The number of ether oxygens (including phenoxy) is 3. The lowest BCUT2D eigenvalue weighted by molar-refractivity contribution is 0.268. The first-order chi connectivity index (χ1) is 10.2. The molecule has 0 aliphatic rings. The number of hydrogen-bond acceptors (Lipinski definition) is 5. The summed E-state index contributed by atoms with van der Waals surface area (Å²) in [5, 5.41) is 3.10. The Morgan fingerprint density at radius 3 is 2.29 bits per heavy atom. The molecule has 1 N–H and O–H groups in total. The molecule has 0 saturated carbocycles. The molecule has 0 aliphatic carbocycles. The van der Waals surface area contributed by atoms with Gasteiger partial charge in [-0.15, -0.1) is 11.3 Å². The number of nitrogens with one attached hydrogen (secondary N) is 1. The van der Waals surface area contributed by atoms with Crippen molar-refractivity contribution in [2.24, 2.45) is 0 Å². The zero-order valence-electron chi connectivity index (χ0n) is 12.2. The molecule has 4 nitrogen and oxygen atoms in total. The van der Waals surface area contributed by atoms with Crippen molar-refractivity contribution >= 4 is 22.9 Å². The van der Waals surface area contributed by atoms with E-state index in [0.29, 0.717) is 23.9 Å². The Hall–Kier alpha value is -1.43. The largest absolute Gasteiger partial charge is 0.493 e. The molecule has 0 saturated heterocycles. The fourth-order valence-corrected chi connectivity index (χ4v) is 2.96. The van der Waals surface area contributed by atoms with Crippen molar-refractivity contribution in [2.45, 2.75) is 13.2 Å². The molecule has 6 heteroatoms. The molecular weight excluding hydrogens is 310 g/mol. The quantitative estimate of drug-likeness (QED) is 0.841. The Kier molecular flexibility index (Phi) is 5.73. The average Bonchev–Trinajstić information content (AvgIpc) is 2.90. The van der Waals surface area contributed by atoms with Crippen molar-refractivity contribution in [3.8, 4) is 17.2 Å². The third-order valence-corrected chi connectivity index (χ3v) is 4.09. The molecule has 0 spiro atoms. The molecule has 0 bridgehead atoms.